The molecule has 0 N–H and O–H groups in total. The molecule has 2 aliphatic rings. The lowest BCUT2D eigenvalue weighted by Gasteiger charge is -2.38. The lowest BCUT2D eigenvalue weighted by atomic mass is 9.97. The predicted octanol–water partition coefficient (Wildman–Crippen LogP) is 1.56. The predicted molar refractivity (Wildman–Crippen MR) is 94.5 cm³/mol. The molecule has 2 saturated heterocycles. The van der Waals surface area contributed by atoms with Gasteiger partial charge in [-0.05, 0) is 32.7 Å². The Hall–Kier alpha value is -1.18. The summed E-state index contributed by atoms with van der Waals surface area (Å²) in [5.74, 6) is 0.769. The van der Waals surface area contributed by atoms with E-state index in [4.69, 9.17) is 5.10 Å². The van der Waals surface area contributed by atoms with E-state index in [1.165, 1.54) is 45.6 Å². The van der Waals surface area contributed by atoms with Crippen LogP contribution in [0.2, 0.25) is 0 Å². The number of hydrogen-bond donors (Lipinski definition) is 0. The highest BCUT2D eigenvalue weighted by atomic mass is 32.1. The molecule has 0 aromatic carbocycles. The van der Waals surface area contributed by atoms with Gasteiger partial charge in [0.05, 0.1) is 11.9 Å². The van der Waals surface area contributed by atoms with Crippen molar-refractivity contribution in [3.63, 3.8) is 0 Å². The molecule has 7 heteroatoms. The zero-order valence-electron chi connectivity index (χ0n) is 14.1. The van der Waals surface area contributed by atoms with E-state index in [9.17, 15) is 0 Å². The average molecular weight is 334 g/mol. The largest absolute Gasteiger partial charge is 0.346 e. The third-order valence-electron chi connectivity index (χ3n) is 5.05. The van der Waals surface area contributed by atoms with Crippen LogP contribution in [0.25, 0.3) is 4.96 Å². The van der Waals surface area contributed by atoms with Gasteiger partial charge in [-0.25, -0.2) is 9.50 Å². The van der Waals surface area contributed by atoms with E-state index in [0.717, 1.165) is 34.8 Å². The van der Waals surface area contributed by atoms with Crippen molar-refractivity contribution in [2.75, 3.05) is 57.8 Å². The molecule has 0 amide bonds. The van der Waals surface area contributed by atoms with Gasteiger partial charge in [-0.3, -0.25) is 0 Å². The van der Waals surface area contributed by atoms with E-state index in [0.29, 0.717) is 0 Å². The van der Waals surface area contributed by atoms with E-state index >= 15 is 0 Å². The number of rotatable bonds is 3. The lowest BCUT2D eigenvalue weighted by Crippen LogP contribution is -2.48. The summed E-state index contributed by atoms with van der Waals surface area (Å²) >= 11 is 1.72. The number of piperazine rings is 1. The first-order valence-corrected chi connectivity index (χ1v) is 9.48. The second-order valence-corrected chi connectivity index (χ2v) is 7.99. The minimum atomic E-state index is 0.769. The number of anilines is 1. The Morgan fingerprint density at radius 3 is 2.83 bits per heavy atom. The number of aryl methyl sites for hydroxylation is 1. The highest BCUT2D eigenvalue weighted by molar-refractivity contribution is 7.20. The smallest absolute Gasteiger partial charge is 0.214 e. The Morgan fingerprint density at radius 2 is 2.04 bits per heavy atom. The Labute approximate surface area is 141 Å². The van der Waals surface area contributed by atoms with Gasteiger partial charge in [0, 0.05) is 45.8 Å². The van der Waals surface area contributed by atoms with Gasteiger partial charge >= 0.3 is 0 Å². The van der Waals surface area contributed by atoms with E-state index in [1.54, 1.807) is 11.3 Å². The molecule has 1 atom stereocenters. The van der Waals surface area contributed by atoms with Crippen LogP contribution in [-0.2, 0) is 0 Å². The molecule has 126 valence electrons. The molecule has 23 heavy (non-hydrogen) atoms. The van der Waals surface area contributed by atoms with Crippen LogP contribution >= 0.6 is 11.3 Å². The van der Waals surface area contributed by atoms with Gasteiger partial charge in [0.25, 0.3) is 0 Å². The molecule has 0 unspecified atom stereocenters. The summed E-state index contributed by atoms with van der Waals surface area (Å²) in [5, 5.41) is 5.86. The summed E-state index contributed by atoms with van der Waals surface area (Å²) in [6.07, 6.45) is 4.64. The number of likely N-dealkylation sites (N-methyl/N-ethyl adjacent to an activating group) is 1. The van der Waals surface area contributed by atoms with Crippen molar-refractivity contribution in [2.24, 2.45) is 5.92 Å². The fraction of sp³-hybridized carbons (Fsp3) is 0.750. The summed E-state index contributed by atoms with van der Waals surface area (Å²) in [5.41, 5.74) is 1.04. The minimum Gasteiger partial charge on any atom is -0.346 e. The van der Waals surface area contributed by atoms with Crippen molar-refractivity contribution in [3.8, 4) is 0 Å². The van der Waals surface area contributed by atoms with Gasteiger partial charge in [0.15, 0.2) is 0 Å². The van der Waals surface area contributed by atoms with Crippen molar-refractivity contribution in [2.45, 2.75) is 19.8 Å². The van der Waals surface area contributed by atoms with Crippen LogP contribution in [0.1, 0.15) is 18.5 Å². The summed E-state index contributed by atoms with van der Waals surface area (Å²) in [6.45, 7) is 10.4. The molecular formula is C16H26N6S. The van der Waals surface area contributed by atoms with Gasteiger partial charge in [0.2, 0.25) is 10.1 Å². The summed E-state index contributed by atoms with van der Waals surface area (Å²) in [6, 6.07) is 0. The van der Waals surface area contributed by atoms with Crippen molar-refractivity contribution in [1.82, 2.24) is 24.4 Å². The first kappa shape index (κ1) is 15.4. The monoisotopic (exact) mass is 334 g/mol. The summed E-state index contributed by atoms with van der Waals surface area (Å²) in [4.78, 5) is 13.1. The standard InChI is InChI=1S/C16H26N6S/c1-13-10-22-15(17-13)23-16(18-22)21-5-3-4-14(12-21)11-20-8-6-19(2)7-9-20/h10,14H,3-9,11-12H2,1-2H3/t14-/m1/s1. The van der Waals surface area contributed by atoms with E-state index in [1.807, 2.05) is 17.6 Å². The minimum absolute atomic E-state index is 0.769. The van der Waals surface area contributed by atoms with Gasteiger partial charge < -0.3 is 14.7 Å². The molecule has 2 aliphatic heterocycles. The molecule has 4 heterocycles. The summed E-state index contributed by atoms with van der Waals surface area (Å²) in [7, 11) is 2.22. The fourth-order valence-corrected chi connectivity index (χ4v) is 4.67. The Bertz CT molecular complexity index is 625. The second-order valence-electron chi connectivity index (χ2n) is 7.05. The van der Waals surface area contributed by atoms with Crippen molar-refractivity contribution in [1.29, 1.82) is 0 Å². The molecule has 2 fully saturated rings. The van der Waals surface area contributed by atoms with Crippen LogP contribution in [0.15, 0.2) is 6.20 Å². The molecule has 0 radical (unpaired) electrons. The topological polar surface area (TPSA) is 39.9 Å². The number of aromatic nitrogens is 3. The zero-order chi connectivity index (χ0) is 15.8. The summed E-state index contributed by atoms with van der Waals surface area (Å²) < 4.78 is 1.93. The Morgan fingerprint density at radius 1 is 1.22 bits per heavy atom. The maximum Gasteiger partial charge on any atom is 0.214 e. The normalized spacial score (nSPS) is 24.6. The molecule has 2 aromatic rings. The third-order valence-corrected chi connectivity index (χ3v) is 6.04. The Kier molecular flexibility index (Phi) is 4.26. The van der Waals surface area contributed by atoms with Gasteiger partial charge in [-0.15, -0.1) is 5.10 Å². The fourth-order valence-electron chi connectivity index (χ4n) is 3.71. The van der Waals surface area contributed by atoms with Crippen LogP contribution in [0.5, 0.6) is 0 Å². The highest BCUT2D eigenvalue weighted by Crippen LogP contribution is 2.28. The molecular weight excluding hydrogens is 308 g/mol. The van der Waals surface area contributed by atoms with Crippen LogP contribution in [0.4, 0.5) is 5.13 Å². The van der Waals surface area contributed by atoms with Gasteiger partial charge in [0.1, 0.15) is 0 Å². The number of fused-ring (bicyclic) bond motifs is 1. The number of nitrogens with zero attached hydrogens (tertiary/aromatic N) is 6. The molecule has 0 aliphatic carbocycles. The van der Waals surface area contributed by atoms with Crippen molar-refractivity contribution >= 4 is 21.4 Å². The maximum absolute atomic E-state index is 4.73. The van der Waals surface area contributed by atoms with Crippen LogP contribution in [-0.4, -0.2) is 77.3 Å². The molecule has 2 aromatic heterocycles. The molecule has 6 nitrogen and oxygen atoms in total. The number of imidazole rings is 1. The first-order valence-electron chi connectivity index (χ1n) is 8.66. The maximum atomic E-state index is 4.73. The van der Waals surface area contributed by atoms with Crippen molar-refractivity contribution < 1.29 is 0 Å². The number of piperidine rings is 1. The molecule has 0 saturated carbocycles. The average Bonchev–Trinajstić information content (AvgIpc) is 3.07. The third kappa shape index (κ3) is 3.36. The second kappa shape index (κ2) is 6.37. The van der Waals surface area contributed by atoms with E-state index in [2.05, 4.69) is 26.7 Å². The number of hydrogen-bond acceptors (Lipinski definition) is 6. The quantitative estimate of drug-likeness (QED) is 0.852. The zero-order valence-corrected chi connectivity index (χ0v) is 14.9. The van der Waals surface area contributed by atoms with Crippen LogP contribution in [0, 0.1) is 12.8 Å². The highest BCUT2D eigenvalue weighted by Gasteiger charge is 2.25. The first-order chi connectivity index (χ1) is 11.2. The van der Waals surface area contributed by atoms with Gasteiger partial charge in [-0.2, -0.15) is 0 Å². The molecule has 4 rings (SSSR count). The molecule has 0 bridgehead atoms. The van der Waals surface area contributed by atoms with Crippen LogP contribution < -0.4 is 4.90 Å². The molecule has 0 spiro atoms. The lowest BCUT2D eigenvalue weighted by molar-refractivity contribution is 0.131. The van der Waals surface area contributed by atoms with Crippen molar-refractivity contribution in [3.05, 3.63) is 11.9 Å². The van der Waals surface area contributed by atoms with E-state index in [-0.39, 0.29) is 0 Å². The van der Waals surface area contributed by atoms with Crippen LogP contribution in [0.3, 0.4) is 0 Å². The SMILES string of the molecule is Cc1cn2nc(N3CCC[C@H](CN4CCN(C)CC4)C3)sc2n1. The van der Waals surface area contributed by atoms with E-state index < -0.39 is 0 Å². The van der Waals surface area contributed by atoms with Gasteiger partial charge in [-0.1, -0.05) is 11.3 Å². The Balaban J connectivity index is 1.39.